The van der Waals surface area contributed by atoms with E-state index in [9.17, 15) is 0 Å². The van der Waals surface area contributed by atoms with E-state index in [4.69, 9.17) is 5.73 Å². The minimum absolute atomic E-state index is 0.544. The van der Waals surface area contributed by atoms with Gasteiger partial charge in [0.05, 0.1) is 0 Å². The molecule has 2 unspecified atom stereocenters. The summed E-state index contributed by atoms with van der Waals surface area (Å²) in [4.78, 5) is 0. The second kappa shape index (κ2) is 2.22. The summed E-state index contributed by atoms with van der Waals surface area (Å²) in [6.45, 7) is 4.79. The zero-order valence-corrected chi connectivity index (χ0v) is 7.64. The highest BCUT2D eigenvalue weighted by atomic mass is 14.7. The molecule has 1 nitrogen and oxygen atoms in total. The molecular weight excluding hydrogens is 134 g/mol. The normalized spacial score (nSPS) is 47.7. The van der Waals surface area contributed by atoms with Crippen LogP contribution in [0.4, 0.5) is 0 Å². The summed E-state index contributed by atoms with van der Waals surface area (Å²) in [5.74, 6) is 1.70. The molecular formula is C10H19N. The topological polar surface area (TPSA) is 26.0 Å². The van der Waals surface area contributed by atoms with E-state index in [2.05, 4.69) is 13.8 Å². The molecule has 0 amide bonds. The van der Waals surface area contributed by atoms with Gasteiger partial charge in [0.15, 0.2) is 0 Å². The first-order chi connectivity index (χ1) is 5.08. The second-order valence-corrected chi connectivity index (χ2v) is 5.25. The molecule has 11 heavy (non-hydrogen) atoms. The molecule has 2 aliphatic rings. The van der Waals surface area contributed by atoms with Gasteiger partial charge in [0, 0.05) is 6.04 Å². The fourth-order valence-corrected chi connectivity index (χ4v) is 3.18. The summed E-state index contributed by atoms with van der Waals surface area (Å²) in [6, 6.07) is 0.544. The quantitative estimate of drug-likeness (QED) is 0.567. The Bertz CT molecular complexity index is 146. The molecule has 0 radical (unpaired) electrons. The molecule has 2 atom stereocenters. The van der Waals surface area contributed by atoms with Crippen molar-refractivity contribution in [1.29, 1.82) is 0 Å². The maximum absolute atomic E-state index is 6.11. The fraction of sp³-hybridized carbons (Fsp3) is 1.00. The van der Waals surface area contributed by atoms with Crippen LogP contribution in [0.5, 0.6) is 0 Å². The number of hydrogen-bond acceptors (Lipinski definition) is 1. The van der Waals surface area contributed by atoms with E-state index < -0.39 is 0 Å². The standard InChI is InChI=1S/C10H19N/c1-10(2)5-7-3-4-8(6-10)9(7)11/h7-9H,3-6,11H2,1-2H3. The molecule has 0 aliphatic heterocycles. The molecule has 2 bridgehead atoms. The lowest BCUT2D eigenvalue weighted by Crippen LogP contribution is -2.40. The van der Waals surface area contributed by atoms with Crippen LogP contribution in [-0.2, 0) is 0 Å². The molecule has 2 fully saturated rings. The first-order valence-electron chi connectivity index (χ1n) is 4.84. The van der Waals surface area contributed by atoms with Gasteiger partial charge >= 0.3 is 0 Å². The maximum atomic E-state index is 6.11. The monoisotopic (exact) mass is 153 g/mol. The number of hydrogen-bond donors (Lipinski definition) is 1. The Morgan fingerprint density at radius 1 is 1.09 bits per heavy atom. The molecule has 0 aromatic carbocycles. The average Bonchev–Trinajstić information content (AvgIpc) is 2.19. The Morgan fingerprint density at radius 2 is 1.55 bits per heavy atom. The Hall–Kier alpha value is -0.0400. The molecule has 2 N–H and O–H groups in total. The van der Waals surface area contributed by atoms with Crippen LogP contribution in [-0.4, -0.2) is 6.04 Å². The SMILES string of the molecule is CC1(C)CC2CCC(C1)C2N. The van der Waals surface area contributed by atoms with E-state index in [0.29, 0.717) is 11.5 Å². The van der Waals surface area contributed by atoms with Gasteiger partial charge in [-0.05, 0) is 42.9 Å². The number of fused-ring (bicyclic) bond motifs is 2. The second-order valence-electron chi connectivity index (χ2n) is 5.25. The van der Waals surface area contributed by atoms with Crippen molar-refractivity contribution in [2.75, 3.05) is 0 Å². The van der Waals surface area contributed by atoms with Gasteiger partial charge in [-0.3, -0.25) is 0 Å². The van der Waals surface area contributed by atoms with Gasteiger partial charge in [0.1, 0.15) is 0 Å². The summed E-state index contributed by atoms with van der Waals surface area (Å²) in [5.41, 5.74) is 6.69. The summed E-state index contributed by atoms with van der Waals surface area (Å²) in [6.07, 6.45) is 5.53. The van der Waals surface area contributed by atoms with Crippen LogP contribution in [0.25, 0.3) is 0 Å². The number of rotatable bonds is 0. The molecule has 1 heteroatoms. The highest BCUT2D eigenvalue weighted by Crippen LogP contribution is 2.49. The lowest BCUT2D eigenvalue weighted by atomic mass is 9.69. The molecule has 2 aliphatic carbocycles. The van der Waals surface area contributed by atoms with Crippen molar-refractivity contribution in [2.45, 2.75) is 45.6 Å². The third-order valence-corrected chi connectivity index (χ3v) is 3.63. The first-order valence-corrected chi connectivity index (χ1v) is 4.84. The molecule has 0 aromatic heterocycles. The maximum Gasteiger partial charge on any atom is 0.00960 e. The smallest absolute Gasteiger partial charge is 0.00960 e. The summed E-state index contributed by atoms with van der Waals surface area (Å²) in [7, 11) is 0. The Balaban J connectivity index is 2.14. The lowest BCUT2D eigenvalue weighted by molar-refractivity contribution is 0.149. The Morgan fingerprint density at radius 3 is 2.00 bits per heavy atom. The van der Waals surface area contributed by atoms with Crippen molar-refractivity contribution in [1.82, 2.24) is 0 Å². The summed E-state index contributed by atoms with van der Waals surface area (Å²) in [5, 5.41) is 0. The van der Waals surface area contributed by atoms with Gasteiger partial charge in [-0.25, -0.2) is 0 Å². The van der Waals surface area contributed by atoms with Crippen molar-refractivity contribution in [3.05, 3.63) is 0 Å². The van der Waals surface area contributed by atoms with E-state index >= 15 is 0 Å². The first kappa shape index (κ1) is 7.60. The van der Waals surface area contributed by atoms with Crippen molar-refractivity contribution in [2.24, 2.45) is 23.0 Å². The van der Waals surface area contributed by atoms with Gasteiger partial charge in [-0.1, -0.05) is 13.8 Å². The average molecular weight is 153 g/mol. The van der Waals surface area contributed by atoms with Gasteiger partial charge in [0.25, 0.3) is 0 Å². The van der Waals surface area contributed by atoms with E-state index in [-0.39, 0.29) is 0 Å². The van der Waals surface area contributed by atoms with Crippen LogP contribution in [0.1, 0.15) is 39.5 Å². The highest BCUT2D eigenvalue weighted by Gasteiger charge is 2.43. The van der Waals surface area contributed by atoms with Gasteiger partial charge in [0.2, 0.25) is 0 Å². The van der Waals surface area contributed by atoms with Gasteiger partial charge in [-0.2, -0.15) is 0 Å². The molecule has 0 aromatic rings. The van der Waals surface area contributed by atoms with E-state index in [1.165, 1.54) is 25.7 Å². The van der Waals surface area contributed by atoms with Crippen LogP contribution >= 0.6 is 0 Å². The fourth-order valence-electron chi connectivity index (χ4n) is 3.18. The van der Waals surface area contributed by atoms with Crippen LogP contribution in [0, 0.1) is 17.3 Å². The lowest BCUT2D eigenvalue weighted by Gasteiger charge is -2.38. The zero-order chi connectivity index (χ0) is 8.06. The third-order valence-electron chi connectivity index (χ3n) is 3.63. The van der Waals surface area contributed by atoms with Gasteiger partial charge < -0.3 is 5.73 Å². The Kier molecular flexibility index (Phi) is 1.54. The van der Waals surface area contributed by atoms with Crippen molar-refractivity contribution in [3.63, 3.8) is 0 Å². The molecule has 2 rings (SSSR count). The largest absolute Gasteiger partial charge is 0.327 e. The van der Waals surface area contributed by atoms with Crippen molar-refractivity contribution in [3.8, 4) is 0 Å². The van der Waals surface area contributed by atoms with E-state index in [1.807, 2.05) is 0 Å². The third kappa shape index (κ3) is 1.20. The van der Waals surface area contributed by atoms with Crippen LogP contribution in [0.2, 0.25) is 0 Å². The predicted molar refractivity (Wildman–Crippen MR) is 47.2 cm³/mol. The zero-order valence-electron chi connectivity index (χ0n) is 7.64. The minimum Gasteiger partial charge on any atom is -0.327 e. The summed E-state index contributed by atoms with van der Waals surface area (Å²) >= 11 is 0. The molecule has 64 valence electrons. The van der Waals surface area contributed by atoms with Crippen LogP contribution < -0.4 is 5.73 Å². The van der Waals surface area contributed by atoms with Crippen molar-refractivity contribution >= 4 is 0 Å². The highest BCUT2D eigenvalue weighted by molar-refractivity contribution is 4.97. The van der Waals surface area contributed by atoms with E-state index in [0.717, 1.165) is 11.8 Å². The molecule has 0 spiro atoms. The van der Waals surface area contributed by atoms with Crippen LogP contribution in [0.3, 0.4) is 0 Å². The van der Waals surface area contributed by atoms with E-state index in [1.54, 1.807) is 0 Å². The van der Waals surface area contributed by atoms with Gasteiger partial charge in [-0.15, -0.1) is 0 Å². The van der Waals surface area contributed by atoms with Crippen molar-refractivity contribution < 1.29 is 0 Å². The molecule has 0 saturated heterocycles. The van der Waals surface area contributed by atoms with Crippen LogP contribution in [0.15, 0.2) is 0 Å². The predicted octanol–water partition coefficient (Wildman–Crippen LogP) is 2.16. The molecule has 0 heterocycles. The Labute approximate surface area is 69.4 Å². The summed E-state index contributed by atoms with van der Waals surface area (Å²) < 4.78 is 0. The number of nitrogens with two attached hydrogens (primary N) is 1. The molecule has 2 saturated carbocycles. The minimum atomic E-state index is 0.544.